The molecule has 2 heterocycles. The first-order valence-electron chi connectivity index (χ1n) is 6.99. The Morgan fingerprint density at radius 2 is 2.08 bits per heavy atom. The summed E-state index contributed by atoms with van der Waals surface area (Å²) in [6, 6.07) is 8.94. The molecule has 0 fully saturated rings. The van der Waals surface area contributed by atoms with Crippen LogP contribution < -0.4 is 10.9 Å². The van der Waals surface area contributed by atoms with Gasteiger partial charge in [-0.05, 0) is 34.1 Å². The normalized spacial score (nSPS) is 11.1. The maximum atomic E-state index is 12.0. The number of hydrogen-bond acceptors (Lipinski definition) is 4. The van der Waals surface area contributed by atoms with E-state index >= 15 is 0 Å². The molecule has 7 nitrogen and oxygen atoms in total. The van der Waals surface area contributed by atoms with E-state index in [1.807, 2.05) is 18.2 Å². The fraction of sp³-hybridized carbons (Fsp3) is 0.0625. The first-order chi connectivity index (χ1) is 11.5. The van der Waals surface area contributed by atoms with E-state index < -0.39 is 11.8 Å². The smallest absolute Gasteiger partial charge is 0.286 e. The summed E-state index contributed by atoms with van der Waals surface area (Å²) in [6.07, 6.45) is 4.40. The molecule has 0 aliphatic rings. The number of benzene rings is 1. The summed E-state index contributed by atoms with van der Waals surface area (Å²) in [5.41, 5.74) is 6.39. The van der Waals surface area contributed by atoms with Crippen molar-refractivity contribution in [2.45, 2.75) is 0 Å². The fourth-order valence-corrected chi connectivity index (χ4v) is 2.61. The molecule has 2 N–H and O–H groups in total. The highest BCUT2D eigenvalue weighted by molar-refractivity contribution is 9.10. The maximum Gasteiger partial charge on any atom is 0.286 e. The van der Waals surface area contributed by atoms with Crippen LogP contribution in [0, 0.1) is 0 Å². The second-order valence-corrected chi connectivity index (χ2v) is 5.87. The van der Waals surface area contributed by atoms with Gasteiger partial charge in [-0.2, -0.15) is 0 Å². The number of hydrazine groups is 1. The van der Waals surface area contributed by atoms with Gasteiger partial charge in [0.05, 0.1) is 0 Å². The molecule has 0 unspecified atom stereocenters. The van der Waals surface area contributed by atoms with E-state index in [9.17, 15) is 9.59 Å². The van der Waals surface area contributed by atoms with Gasteiger partial charge in [-0.1, -0.05) is 12.1 Å². The molecule has 2 amide bonds. The number of aromatic nitrogens is 2. The zero-order valence-corrected chi connectivity index (χ0v) is 14.2. The lowest BCUT2D eigenvalue weighted by Crippen LogP contribution is -2.41. The van der Waals surface area contributed by atoms with E-state index in [0.29, 0.717) is 22.7 Å². The first kappa shape index (κ1) is 16.0. The zero-order chi connectivity index (χ0) is 17.1. The molecule has 3 rings (SSSR count). The van der Waals surface area contributed by atoms with E-state index in [1.165, 1.54) is 12.2 Å². The number of nitrogens with zero attached hydrogens (tertiary/aromatic N) is 2. The van der Waals surface area contributed by atoms with Crippen LogP contribution in [0.5, 0.6) is 0 Å². The highest BCUT2D eigenvalue weighted by Crippen LogP contribution is 2.15. The Morgan fingerprint density at radius 3 is 2.79 bits per heavy atom. The molecule has 24 heavy (non-hydrogen) atoms. The number of carbonyl (C=O) groups is 2. The van der Waals surface area contributed by atoms with Crippen LogP contribution in [0.2, 0.25) is 0 Å². The molecule has 8 heteroatoms. The number of amides is 2. The summed E-state index contributed by atoms with van der Waals surface area (Å²) in [7, 11) is 1.73. The molecule has 0 saturated heterocycles. The average molecular weight is 389 g/mol. The number of halogens is 1. The Hall–Kier alpha value is -2.87. The molecule has 122 valence electrons. The molecule has 0 saturated carbocycles. The Bertz CT molecular complexity index is 909. The Morgan fingerprint density at radius 1 is 1.29 bits per heavy atom. The lowest BCUT2D eigenvalue weighted by atomic mass is 10.3. The van der Waals surface area contributed by atoms with E-state index in [0.717, 1.165) is 4.47 Å². The van der Waals surface area contributed by atoms with Crippen LogP contribution in [0.25, 0.3) is 17.2 Å². The lowest BCUT2D eigenvalue weighted by Gasteiger charge is -2.05. The minimum Gasteiger partial charge on any atom is -0.437 e. The molecular formula is C16H13BrN4O3. The Kier molecular flexibility index (Phi) is 4.48. The molecule has 0 atom stereocenters. The third-order valence-corrected chi connectivity index (χ3v) is 3.62. The van der Waals surface area contributed by atoms with Crippen molar-refractivity contribution in [2.75, 3.05) is 0 Å². The second-order valence-electron chi connectivity index (χ2n) is 4.95. The zero-order valence-electron chi connectivity index (χ0n) is 12.6. The number of para-hydroxylation sites is 2. The molecule has 0 bridgehead atoms. The largest absolute Gasteiger partial charge is 0.437 e. The Balaban J connectivity index is 1.59. The van der Waals surface area contributed by atoms with Gasteiger partial charge >= 0.3 is 0 Å². The summed E-state index contributed by atoms with van der Waals surface area (Å²) < 4.78 is 7.87. The van der Waals surface area contributed by atoms with Crippen molar-refractivity contribution in [1.29, 1.82) is 0 Å². The molecule has 2 aromatic heterocycles. The van der Waals surface area contributed by atoms with Crippen LogP contribution >= 0.6 is 15.9 Å². The van der Waals surface area contributed by atoms with Gasteiger partial charge in [-0.25, -0.2) is 4.98 Å². The molecule has 3 aromatic rings. The van der Waals surface area contributed by atoms with Gasteiger partial charge in [-0.3, -0.25) is 20.4 Å². The van der Waals surface area contributed by atoms with Gasteiger partial charge < -0.3 is 8.98 Å². The van der Waals surface area contributed by atoms with Gasteiger partial charge in [0.2, 0.25) is 5.89 Å². The summed E-state index contributed by atoms with van der Waals surface area (Å²) in [6.45, 7) is 0. The molecule has 0 aliphatic carbocycles. The van der Waals surface area contributed by atoms with Gasteiger partial charge in [0.15, 0.2) is 5.58 Å². The van der Waals surface area contributed by atoms with Crippen LogP contribution in [0.4, 0.5) is 0 Å². The number of fused-ring (bicyclic) bond motifs is 1. The van der Waals surface area contributed by atoms with Crippen LogP contribution in [0.3, 0.4) is 0 Å². The van der Waals surface area contributed by atoms with Crippen molar-refractivity contribution in [3.8, 4) is 0 Å². The summed E-state index contributed by atoms with van der Waals surface area (Å²) in [5, 5.41) is 0. The van der Waals surface area contributed by atoms with Crippen LogP contribution in [-0.2, 0) is 11.8 Å². The van der Waals surface area contributed by atoms with Gasteiger partial charge in [-0.15, -0.1) is 0 Å². The maximum absolute atomic E-state index is 12.0. The predicted molar refractivity (Wildman–Crippen MR) is 91.8 cm³/mol. The minimum absolute atomic E-state index is 0.309. The molecule has 0 spiro atoms. The SMILES string of the molecule is Cn1cc(Br)cc1C(=O)NNC(=O)/C=C/c1nc2ccccc2o1. The van der Waals surface area contributed by atoms with Crippen LogP contribution in [-0.4, -0.2) is 21.4 Å². The standard InChI is InChI=1S/C16H13BrN4O3/c1-21-9-10(17)8-12(21)16(23)20-19-14(22)6-7-15-18-11-4-2-3-5-13(11)24-15/h2-9H,1H3,(H,19,22)(H,20,23)/b7-6+. The van der Waals surface area contributed by atoms with Gasteiger partial charge in [0.25, 0.3) is 11.8 Å². The molecule has 0 radical (unpaired) electrons. The quantitative estimate of drug-likeness (QED) is 0.532. The second kappa shape index (κ2) is 6.71. The van der Waals surface area contributed by atoms with Gasteiger partial charge in [0, 0.05) is 29.9 Å². The van der Waals surface area contributed by atoms with Crippen molar-refractivity contribution < 1.29 is 14.0 Å². The minimum atomic E-state index is -0.501. The lowest BCUT2D eigenvalue weighted by molar-refractivity contribution is -0.117. The number of carbonyl (C=O) groups excluding carboxylic acids is 2. The van der Waals surface area contributed by atoms with Gasteiger partial charge in [0.1, 0.15) is 11.2 Å². The highest BCUT2D eigenvalue weighted by Gasteiger charge is 2.11. The monoisotopic (exact) mass is 388 g/mol. The highest BCUT2D eigenvalue weighted by atomic mass is 79.9. The van der Waals surface area contributed by atoms with Crippen molar-refractivity contribution in [3.05, 3.63) is 58.7 Å². The predicted octanol–water partition coefficient (Wildman–Crippen LogP) is 2.40. The van der Waals surface area contributed by atoms with E-state index in [1.54, 1.807) is 29.9 Å². The number of hydrogen-bond donors (Lipinski definition) is 2. The molecule has 1 aromatic carbocycles. The third kappa shape index (κ3) is 3.54. The number of aryl methyl sites for hydroxylation is 1. The fourth-order valence-electron chi connectivity index (χ4n) is 2.08. The Labute approximate surface area is 145 Å². The van der Waals surface area contributed by atoms with E-state index in [2.05, 4.69) is 31.8 Å². The number of rotatable bonds is 3. The van der Waals surface area contributed by atoms with Crippen LogP contribution in [0.15, 0.2) is 51.5 Å². The van der Waals surface area contributed by atoms with Crippen molar-refractivity contribution in [1.82, 2.24) is 20.4 Å². The summed E-state index contributed by atoms with van der Waals surface area (Å²) in [4.78, 5) is 27.9. The van der Waals surface area contributed by atoms with Crippen molar-refractivity contribution >= 4 is 44.9 Å². The van der Waals surface area contributed by atoms with Crippen molar-refractivity contribution in [3.63, 3.8) is 0 Å². The summed E-state index contributed by atoms with van der Waals surface area (Å²) >= 11 is 3.28. The number of nitrogens with one attached hydrogen (secondary N) is 2. The first-order valence-corrected chi connectivity index (χ1v) is 7.78. The molecule has 0 aliphatic heterocycles. The van der Waals surface area contributed by atoms with Crippen molar-refractivity contribution in [2.24, 2.45) is 7.05 Å². The summed E-state index contributed by atoms with van der Waals surface area (Å²) in [5.74, 6) is -0.616. The third-order valence-electron chi connectivity index (χ3n) is 3.19. The van der Waals surface area contributed by atoms with Crippen LogP contribution in [0.1, 0.15) is 16.4 Å². The average Bonchev–Trinajstić information content (AvgIpc) is 3.12. The number of oxazole rings is 1. The van der Waals surface area contributed by atoms with E-state index in [4.69, 9.17) is 4.42 Å². The van der Waals surface area contributed by atoms with E-state index in [-0.39, 0.29) is 0 Å². The molecular weight excluding hydrogens is 376 g/mol. The topological polar surface area (TPSA) is 89.2 Å².